The van der Waals surface area contributed by atoms with Crippen LogP contribution < -0.4 is 5.32 Å². The first-order valence-corrected chi connectivity index (χ1v) is 8.13. The van der Waals surface area contributed by atoms with E-state index in [0.29, 0.717) is 18.2 Å². The predicted molar refractivity (Wildman–Crippen MR) is 87.6 cm³/mol. The molecule has 0 saturated heterocycles. The second-order valence-corrected chi connectivity index (χ2v) is 6.19. The summed E-state index contributed by atoms with van der Waals surface area (Å²) in [7, 11) is 0. The third-order valence-electron chi connectivity index (χ3n) is 4.38. The van der Waals surface area contributed by atoms with Crippen molar-refractivity contribution >= 4 is 28.3 Å². The van der Waals surface area contributed by atoms with Crippen LogP contribution in [0.2, 0.25) is 0 Å². The Balaban J connectivity index is 1.65. The van der Waals surface area contributed by atoms with Gasteiger partial charge in [-0.25, -0.2) is 0 Å². The van der Waals surface area contributed by atoms with E-state index in [1.54, 1.807) is 0 Å². The van der Waals surface area contributed by atoms with E-state index < -0.39 is 0 Å². The summed E-state index contributed by atoms with van der Waals surface area (Å²) in [5.41, 5.74) is 1.06. The Kier molecular flexibility index (Phi) is 4.45. The number of fused-ring (bicyclic) bond motifs is 1. The minimum atomic E-state index is 0.104. The Morgan fingerprint density at radius 1 is 1.14 bits per heavy atom. The first kappa shape index (κ1) is 14.4. The lowest BCUT2D eigenvalue weighted by Gasteiger charge is -2.18. The largest absolute Gasteiger partial charge is 0.353 e. The molecule has 3 heteroatoms. The van der Waals surface area contributed by atoms with Gasteiger partial charge in [-0.05, 0) is 35.1 Å². The topological polar surface area (TPSA) is 29.1 Å². The van der Waals surface area contributed by atoms with Gasteiger partial charge in [0, 0.05) is 11.9 Å². The molecular weight excluding hydrogens is 282 g/mol. The van der Waals surface area contributed by atoms with Crippen LogP contribution in [0.25, 0.3) is 10.8 Å². The zero-order valence-corrected chi connectivity index (χ0v) is 12.8. The minimum absolute atomic E-state index is 0.104. The number of nitrogens with one attached hydrogen (secondary N) is 1. The van der Waals surface area contributed by atoms with Crippen molar-refractivity contribution in [3.8, 4) is 0 Å². The summed E-state index contributed by atoms with van der Waals surface area (Å²) in [5.74, 6) is 1.18. The summed E-state index contributed by atoms with van der Waals surface area (Å²) in [6, 6.07) is 14.7. The molecule has 0 radical (unpaired) electrons. The molecule has 2 aromatic rings. The predicted octanol–water partition coefficient (Wildman–Crippen LogP) is 3.91. The van der Waals surface area contributed by atoms with Crippen LogP contribution in [0.3, 0.4) is 0 Å². The molecule has 1 aliphatic rings. The number of carbonyl (C=O) groups excluding carboxylic acids is 1. The highest BCUT2D eigenvalue weighted by Gasteiger charge is 2.27. The smallest absolute Gasteiger partial charge is 0.224 e. The van der Waals surface area contributed by atoms with Crippen LogP contribution in [0, 0.1) is 5.92 Å². The molecular formula is C18H20ClNO. The third kappa shape index (κ3) is 3.38. The molecule has 1 N–H and O–H groups in total. The molecule has 0 bridgehead atoms. The second kappa shape index (κ2) is 6.48. The normalized spacial score (nSPS) is 21.6. The molecule has 1 saturated carbocycles. The van der Waals surface area contributed by atoms with E-state index in [1.807, 2.05) is 18.2 Å². The number of halogens is 1. The Labute approximate surface area is 130 Å². The highest BCUT2D eigenvalue weighted by Crippen LogP contribution is 2.26. The number of amides is 1. The lowest BCUT2D eigenvalue weighted by molar-refractivity contribution is -0.121. The van der Waals surface area contributed by atoms with Gasteiger partial charge in [0.2, 0.25) is 5.91 Å². The number of hydrogen-bond acceptors (Lipinski definition) is 1. The highest BCUT2D eigenvalue weighted by atomic mass is 35.5. The van der Waals surface area contributed by atoms with Crippen molar-refractivity contribution in [2.75, 3.05) is 5.88 Å². The number of hydrogen-bond donors (Lipinski definition) is 1. The summed E-state index contributed by atoms with van der Waals surface area (Å²) in [5, 5.41) is 5.54. The Bertz CT molecular complexity index is 640. The van der Waals surface area contributed by atoms with Crippen molar-refractivity contribution in [1.29, 1.82) is 0 Å². The van der Waals surface area contributed by atoms with Crippen molar-refractivity contribution in [2.45, 2.75) is 31.7 Å². The highest BCUT2D eigenvalue weighted by molar-refractivity contribution is 6.18. The third-order valence-corrected chi connectivity index (χ3v) is 4.78. The van der Waals surface area contributed by atoms with Crippen LogP contribution >= 0.6 is 11.6 Å². The maximum absolute atomic E-state index is 12.2. The molecule has 0 aliphatic heterocycles. The van der Waals surface area contributed by atoms with Gasteiger partial charge in [0.1, 0.15) is 0 Å². The van der Waals surface area contributed by atoms with E-state index in [4.69, 9.17) is 11.6 Å². The van der Waals surface area contributed by atoms with E-state index in [0.717, 1.165) is 24.8 Å². The van der Waals surface area contributed by atoms with Crippen LogP contribution in [0.5, 0.6) is 0 Å². The molecule has 0 spiro atoms. The van der Waals surface area contributed by atoms with Crippen LogP contribution in [-0.4, -0.2) is 17.8 Å². The molecule has 1 amide bonds. The van der Waals surface area contributed by atoms with E-state index in [9.17, 15) is 4.79 Å². The van der Waals surface area contributed by atoms with Crippen molar-refractivity contribution < 1.29 is 4.79 Å². The van der Waals surface area contributed by atoms with Gasteiger partial charge >= 0.3 is 0 Å². The lowest BCUT2D eigenvalue weighted by atomic mass is 10.0. The van der Waals surface area contributed by atoms with Crippen molar-refractivity contribution in [3.63, 3.8) is 0 Å². The zero-order chi connectivity index (χ0) is 14.7. The van der Waals surface area contributed by atoms with Gasteiger partial charge in [-0.2, -0.15) is 0 Å². The number of carbonyl (C=O) groups is 1. The summed E-state index contributed by atoms with van der Waals surface area (Å²) >= 11 is 5.96. The van der Waals surface area contributed by atoms with Crippen LogP contribution in [0.1, 0.15) is 24.8 Å². The van der Waals surface area contributed by atoms with E-state index in [1.165, 1.54) is 10.8 Å². The molecule has 0 aromatic heterocycles. The Hall–Kier alpha value is -1.54. The summed E-state index contributed by atoms with van der Waals surface area (Å²) < 4.78 is 0. The first-order chi connectivity index (χ1) is 10.3. The second-order valence-electron chi connectivity index (χ2n) is 5.88. The SMILES string of the molecule is O=C(Cc1ccc2ccccc2c1)NC1CCCC1CCl. The van der Waals surface area contributed by atoms with Crippen LogP contribution in [0.15, 0.2) is 42.5 Å². The molecule has 2 unspecified atom stereocenters. The van der Waals surface area contributed by atoms with Gasteiger partial charge in [0.15, 0.2) is 0 Å². The summed E-state index contributed by atoms with van der Waals surface area (Å²) in [4.78, 5) is 12.2. The lowest BCUT2D eigenvalue weighted by Crippen LogP contribution is -2.38. The van der Waals surface area contributed by atoms with E-state index in [2.05, 4.69) is 29.6 Å². The molecule has 1 aliphatic carbocycles. The standard InChI is InChI=1S/C18H20ClNO/c19-12-16-6-3-7-17(16)20-18(21)11-13-8-9-14-4-1-2-5-15(14)10-13/h1-2,4-5,8-10,16-17H,3,6-7,11-12H2,(H,20,21). The van der Waals surface area contributed by atoms with Gasteiger partial charge in [-0.1, -0.05) is 48.9 Å². The monoisotopic (exact) mass is 301 g/mol. The van der Waals surface area contributed by atoms with Crippen molar-refractivity contribution in [1.82, 2.24) is 5.32 Å². The molecule has 1 fully saturated rings. The van der Waals surface area contributed by atoms with Crippen molar-refractivity contribution in [2.24, 2.45) is 5.92 Å². The molecule has 2 aromatic carbocycles. The Morgan fingerprint density at radius 2 is 1.95 bits per heavy atom. The van der Waals surface area contributed by atoms with Gasteiger partial charge < -0.3 is 5.32 Å². The molecule has 3 rings (SSSR count). The molecule has 21 heavy (non-hydrogen) atoms. The van der Waals surface area contributed by atoms with E-state index in [-0.39, 0.29) is 11.9 Å². The van der Waals surface area contributed by atoms with Gasteiger partial charge in [-0.3, -0.25) is 4.79 Å². The number of benzene rings is 2. The Morgan fingerprint density at radius 3 is 2.76 bits per heavy atom. The fourth-order valence-corrected chi connectivity index (χ4v) is 3.57. The fourth-order valence-electron chi connectivity index (χ4n) is 3.20. The van der Waals surface area contributed by atoms with E-state index >= 15 is 0 Å². The molecule has 2 nitrogen and oxygen atoms in total. The maximum atomic E-state index is 12.2. The van der Waals surface area contributed by atoms with Gasteiger partial charge in [-0.15, -0.1) is 11.6 Å². The quantitative estimate of drug-likeness (QED) is 0.853. The fraction of sp³-hybridized carbons (Fsp3) is 0.389. The molecule has 0 heterocycles. The summed E-state index contributed by atoms with van der Waals surface area (Å²) in [6.07, 6.45) is 3.79. The van der Waals surface area contributed by atoms with Crippen LogP contribution in [0.4, 0.5) is 0 Å². The maximum Gasteiger partial charge on any atom is 0.224 e. The molecule has 110 valence electrons. The van der Waals surface area contributed by atoms with Gasteiger partial charge in [0.25, 0.3) is 0 Å². The average molecular weight is 302 g/mol. The number of rotatable bonds is 4. The minimum Gasteiger partial charge on any atom is -0.353 e. The first-order valence-electron chi connectivity index (χ1n) is 7.59. The zero-order valence-electron chi connectivity index (χ0n) is 12.0. The number of alkyl halides is 1. The van der Waals surface area contributed by atoms with Crippen molar-refractivity contribution in [3.05, 3.63) is 48.0 Å². The van der Waals surface area contributed by atoms with Crippen LogP contribution in [-0.2, 0) is 11.2 Å². The average Bonchev–Trinajstić information content (AvgIpc) is 2.94. The molecule has 2 atom stereocenters. The van der Waals surface area contributed by atoms with Gasteiger partial charge in [0.05, 0.1) is 6.42 Å². The summed E-state index contributed by atoms with van der Waals surface area (Å²) in [6.45, 7) is 0.